The number of anilines is 3. The fourth-order valence-electron chi connectivity index (χ4n) is 7.68. The minimum absolute atomic E-state index is 0.855. The molecule has 3 nitrogen and oxygen atoms in total. The maximum absolute atomic E-state index is 6.94. The van der Waals surface area contributed by atoms with E-state index in [9.17, 15) is 0 Å². The Hall–Kier alpha value is -6.84. The molecule has 0 bridgehead atoms. The van der Waals surface area contributed by atoms with Gasteiger partial charge in [-0.1, -0.05) is 133 Å². The highest BCUT2D eigenvalue weighted by Gasteiger charge is 2.23. The lowest BCUT2D eigenvalue weighted by atomic mass is 10.0. The molecule has 51 heavy (non-hydrogen) atoms. The zero-order chi connectivity index (χ0) is 33.7. The Kier molecular flexibility index (Phi) is 6.81. The van der Waals surface area contributed by atoms with Crippen LogP contribution in [-0.4, -0.2) is 4.57 Å². The second kappa shape index (κ2) is 11.9. The fraction of sp³-hybridized carbons (Fsp3) is 0. The fourth-order valence-corrected chi connectivity index (χ4v) is 7.68. The quantitative estimate of drug-likeness (QED) is 0.178. The van der Waals surface area contributed by atoms with Crippen LogP contribution in [0.3, 0.4) is 0 Å². The molecule has 0 fully saturated rings. The molecule has 240 valence electrons. The number of nitrogens with zero attached hydrogens (tertiary/aromatic N) is 2. The number of fused-ring (bicyclic) bond motifs is 7. The monoisotopic (exact) mass is 652 g/mol. The minimum atomic E-state index is 0.855. The Morgan fingerprint density at radius 1 is 0.392 bits per heavy atom. The molecule has 0 atom stereocenters. The van der Waals surface area contributed by atoms with E-state index in [1.165, 1.54) is 33.0 Å². The second-order valence-electron chi connectivity index (χ2n) is 12.9. The minimum Gasteiger partial charge on any atom is -0.454 e. The molecule has 0 aliphatic carbocycles. The van der Waals surface area contributed by atoms with Gasteiger partial charge in [0, 0.05) is 38.6 Å². The average Bonchev–Trinajstić information content (AvgIpc) is 3.76. The van der Waals surface area contributed by atoms with Crippen molar-refractivity contribution in [1.82, 2.24) is 4.57 Å². The van der Waals surface area contributed by atoms with E-state index in [1.807, 2.05) is 0 Å². The maximum Gasteiger partial charge on any atom is 0.159 e. The number of hydrogen-bond acceptors (Lipinski definition) is 2. The molecule has 0 aliphatic rings. The van der Waals surface area contributed by atoms with Gasteiger partial charge >= 0.3 is 0 Å². The zero-order valence-corrected chi connectivity index (χ0v) is 27.8. The summed E-state index contributed by atoms with van der Waals surface area (Å²) in [7, 11) is 0. The Labute approximate surface area is 295 Å². The van der Waals surface area contributed by atoms with Crippen LogP contribution in [0.15, 0.2) is 199 Å². The van der Waals surface area contributed by atoms with Gasteiger partial charge in [0.15, 0.2) is 5.58 Å². The van der Waals surface area contributed by atoms with Crippen LogP contribution in [0.25, 0.3) is 71.7 Å². The molecule has 0 amide bonds. The van der Waals surface area contributed by atoms with E-state index in [-0.39, 0.29) is 0 Å². The van der Waals surface area contributed by atoms with Gasteiger partial charge in [0.25, 0.3) is 0 Å². The highest BCUT2D eigenvalue weighted by molar-refractivity contribution is 6.28. The molecular formula is C48H32N2O. The lowest BCUT2D eigenvalue weighted by Crippen LogP contribution is -2.10. The number of furan rings is 1. The first-order valence-electron chi connectivity index (χ1n) is 17.4. The standard InChI is InChI=1S/C48H32N2O/c1-4-14-33(15-5-1)35-26-28-38(29-27-35)49(39-21-12-18-36(32-39)34-16-6-2-7-17-34)44-25-13-23-41-47-45(51-48(41)44)31-30-43-46(47)40-22-10-11-24-42(40)50(43)37-19-8-3-9-20-37/h1-32H. The molecule has 0 unspecified atom stereocenters. The summed E-state index contributed by atoms with van der Waals surface area (Å²) in [6.07, 6.45) is 0. The largest absolute Gasteiger partial charge is 0.454 e. The van der Waals surface area contributed by atoms with Gasteiger partial charge in [-0.25, -0.2) is 0 Å². The molecule has 2 heterocycles. The Balaban J connectivity index is 1.22. The van der Waals surface area contributed by atoms with Gasteiger partial charge in [-0.2, -0.15) is 0 Å². The normalized spacial score (nSPS) is 11.5. The summed E-state index contributed by atoms with van der Waals surface area (Å²) in [4.78, 5) is 2.33. The highest BCUT2D eigenvalue weighted by Crippen LogP contribution is 2.46. The van der Waals surface area contributed by atoms with E-state index in [0.29, 0.717) is 0 Å². The van der Waals surface area contributed by atoms with Crippen molar-refractivity contribution >= 4 is 60.8 Å². The van der Waals surface area contributed by atoms with Gasteiger partial charge in [0.2, 0.25) is 0 Å². The number of rotatable bonds is 6. The van der Waals surface area contributed by atoms with E-state index in [4.69, 9.17) is 4.42 Å². The van der Waals surface area contributed by atoms with Crippen LogP contribution in [0, 0.1) is 0 Å². The summed E-state index contributed by atoms with van der Waals surface area (Å²) in [6.45, 7) is 0. The topological polar surface area (TPSA) is 21.3 Å². The highest BCUT2D eigenvalue weighted by atomic mass is 16.3. The van der Waals surface area contributed by atoms with E-state index in [2.05, 4.69) is 204 Å². The molecule has 0 N–H and O–H groups in total. The SMILES string of the molecule is c1ccc(-c2ccc(N(c3cccc(-c4ccccc4)c3)c3cccc4c3oc3ccc5c(c6ccccc6n5-c5ccccc5)c34)cc2)cc1. The van der Waals surface area contributed by atoms with Crippen molar-refractivity contribution in [2.24, 2.45) is 0 Å². The van der Waals surface area contributed by atoms with Crippen molar-refractivity contribution in [2.75, 3.05) is 4.90 Å². The van der Waals surface area contributed by atoms with E-state index >= 15 is 0 Å². The predicted molar refractivity (Wildman–Crippen MR) is 214 cm³/mol. The third-order valence-corrected chi connectivity index (χ3v) is 9.98. The van der Waals surface area contributed by atoms with Crippen LogP contribution >= 0.6 is 0 Å². The van der Waals surface area contributed by atoms with Crippen LogP contribution < -0.4 is 4.90 Å². The van der Waals surface area contributed by atoms with E-state index in [1.54, 1.807) is 0 Å². The first-order chi connectivity index (χ1) is 25.3. The van der Waals surface area contributed by atoms with Gasteiger partial charge in [0.1, 0.15) is 5.58 Å². The molecule has 0 spiro atoms. The summed E-state index contributed by atoms with van der Waals surface area (Å²) in [5.74, 6) is 0. The lowest BCUT2D eigenvalue weighted by molar-refractivity contribution is 0.669. The van der Waals surface area contributed by atoms with Crippen molar-refractivity contribution in [3.05, 3.63) is 194 Å². The first-order valence-corrected chi connectivity index (χ1v) is 17.4. The van der Waals surface area contributed by atoms with Gasteiger partial charge in [-0.05, 0) is 82.9 Å². The molecule has 0 saturated heterocycles. The first kappa shape index (κ1) is 29.1. The Morgan fingerprint density at radius 2 is 1.00 bits per heavy atom. The molecule has 0 aliphatic heterocycles. The maximum atomic E-state index is 6.94. The molecule has 3 heteroatoms. The van der Waals surface area contributed by atoms with Gasteiger partial charge in [-0.3, -0.25) is 0 Å². The zero-order valence-electron chi connectivity index (χ0n) is 27.8. The molecule has 2 aromatic heterocycles. The second-order valence-corrected chi connectivity index (χ2v) is 12.9. The van der Waals surface area contributed by atoms with Crippen molar-refractivity contribution in [3.63, 3.8) is 0 Å². The molecule has 0 radical (unpaired) electrons. The van der Waals surface area contributed by atoms with Crippen molar-refractivity contribution < 1.29 is 4.42 Å². The lowest BCUT2D eigenvalue weighted by Gasteiger charge is -2.26. The molecule has 10 rings (SSSR count). The number of aromatic nitrogens is 1. The van der Waals surface area contributed by atoms with E-state index < -0.39 is 0 Å². The van der Waals surface area contributed by atoms with Crippen molar-refractivity contribution in [3.8, 4) is 27.9 Å². The van der Waals surface area contributed by atoms with Crippen LogP contribution in [-0.2, 0) is 0 Å². The van der Waals surface area contributed by atoms with Gasteiger partial charge in [0.05, 0.1) is 16.7 Å². The van der Waals surface area contributed by atoms with Crippen molar-refractivity contribution in [2.45, 2.75) is 0 Å². The summed E-state index contributed by atoms with van der Waals surface area (Å²) < 4.78 is 9.30. The summed E-state index contributed by atoms with van der Waals surface area (Å²) in [5.41, 5.74) is 13.0. The summed E-state index contributed by atoms with van der Waals surface area (Å²) in [5, 5.41) is 4.63. The smallest absolute Gasteiger partial charge is 0.159 e. The number of benzene rings is 8. The third kappa shape index (κ3) is 4.82. The molecule has 10 aromatic rings. The van der Waals surface area contributed by atoms with Crippen LogP contribution in [0.5, 0.6) is 0 Å². The summed E-state index contributed by atoms with van der Waals surface area (Å²) >= 11 is 0. The number of para-hydroxylation sites is 3. The molecule has 0 saturated carbocycles. The van der Waals surface area contributed by atoms with Gasteiger partial charge in [-0.15, -0.1) is 0 Å². The number of hydrogen-bond donors (Lipinski definition) is 0. The van der Waals surface area contributed by atoms with E-state index in [0.717, 1.165) is 55.8 Å². The average molecular weight is 653 g/mol. The Bertz CT molecular complexity index is 2830. The van der Waals surface area contributed by atoms with Gasteiger partial charge < -0.3 is 13.9 Å². The Morgan fingerprint density at radius 3 is 1.76 bits per heavy atom. The van der Waals surface area contributed by atoms with Crippen LogP contribution in [0.4, 0.5) is 17.1 Å². The van der Waals surface area contributed by atoms with Crippen LogP contribution in [0.2, 0.25) is 0 Å². The molecule has 8 aromatic carbocycles. The third-order valence-electron chi connectivity index (χ3n) is 9.98. The van der Waals surface area contributed by atoms with Crippen molar-refractivity contribution in [1.29, 1.82) is 0 Å². The predicted octanol–water partition coefficient (Wildman–Crippen LogP) is 13.5. The molecular weight excluding hydrogens is 621 g/mol. The van der Waals surface area contributed by atoms with Crippen LogP contribution in [0.1, 0.15) is 0 Å². The summed E-state index contributed by atoms with van der Waals surface area (Å²) in [6, 6.07) is 68.9.